The highest BCUT2D eigenvalue weighted by molar-refractivity contribution is 5.90. The zero-order chi connectivity index (χ0) is 28.7. The summed E-state index contributed by atoms with van der Waals surface area (Å²) in [5, 5.41) is 11.1. The maximum Gasteiger partial charge on any atom is 0.321 e. The van der Waals surface area contributed by atoms with Crippen LogP contribution in [0.15, 0.2) is 67.0 Å². The molecule has 2 fully saturated rings. The summed E-state index contributed by atoms with van der Waals surface area (Å²) in [5.41, 5.74) is 6.71. The van der Waals surface area contributed by atoms with E-state index in [1.54, 1.807) is 6.20 Å². The Labute approximate surface area is 246 Å². The number of rotatable bonds is 9. The Morgan fingerprint density at radius 3 is 2.57 bits per heavy atom. The number of benzene rings is 2. The van der Waals surface area contributed by atoms with Gasteiger partial charge in [0.05, 0.1) is 30.8 Å². The minimum Gasteiger partial charge on any atom is -0.379 e. The van der Waals surface area contributed by atoms with E-state index in [-0.39, 0.29) is 6.03 Å². The van der Waals surface area contributed by atoms with Crippen molar-refractivity contribution in [3.63, 3.8) is 0 Å². The lowest BCUT2D eigenvalue weighted by molar-refractivity contribution is 0.0384. The summed E-state index contributed by atoms with van der Waals surface area (Å²) in [7, 11) is 0. The predicted molar refractivity (Wildman–Crippen MR) is 165 cm³/mol. The van der Waals surface area contributed by atoms with Crippen molar-refractivity contribution in [2.45, 2.75) is 32.7 Å². The molecule has 218 valence electrons. The molecule has 4 heterocycles. The lowest BCUT2D eigenvalue weighted by Gasteiger charge is -2.26. The summed E-state index contributed by atoms with van der Waals surface area (Å²) in [6.45, 7) is 9.07. The monoisotopic (exact) mass is 566 g/mol. The first kappa shape index (κ1) is 27.9. The first-order chi connectivity index (χ1) is 20.7. The number of likely N-dealkylation sites (tertiary alicyclic amines) is 1. The Kier molecular flexibility index (Phi) is 8.72. The third-order valence-corrected chi connectivity index (χ3v) is 7.88. The average Bonchev–Trinajstić information content (AvgIpc) is 3.72. The van der Waals surface area contributed by atoms with Crippen molar-refractivity contribution in [3.8, 4) is 22.5 Å². The number of nitrogens with zero attached hydrogens (tertiary/aromatic N) is 6. The number of hydrogen-bond donors (Lipinski definition) is 2. The van der Waals surface area contributed by atoms with Crippen LogP contribution in [-0.2, 0) is 17.7 Å². The highest BCUT2D eigenvalue weighted by Crippen LogP contribution is 2.32. The molecule has 2 N–H and O–H groups in total. The molecule has 0 atom stereocenters. The van der Waals surface area contributed by atoms with Gasteiger partial charge in [0.2, 0.25) is 5.95 Å². The molecule has 0 aliphatic carbocycles. The van der Waals surface area contributed by atoms with Gasteiger partial charge < -0.3 is 20.3 Å². The van der Waals surface area contributed by atoms with E-state index >= 15 is 0 Å². The molecular weight excluding hydrogens is 528 g/mol. The highest BCUT2D eigenvalue weighted by atomic mass is 16.5. The molecule has 2 aliphatic heterocycles. The number of nitrogens with one attached hydrogen (secondary N) is 2. The van der Waals surface area contributed by atoms with Gasteiger partial charge in [-0.05, 0) is 62.1 Å². The predicted octanol–water partition coefficient (Wildman–Crippen LogP) is 5.27. The Morgan fingerprint density at radius 2 is 1.79 bits per heavy atom. The van der Waals surface area contributed by atoms with Crippen molar-refractivity contribution < 1.29 is 9.53 Å². The topological polar surface area (TPSA) is 100 Å². The normalized spacial score (nSPS) is 15.6. The van der Waals surface area contributed by atoms with E-state index in [4.69, 9.17) is 9.72 Å². The van der Waals surface area contributed by atoms with Crippen LogP contribution in [0, 0.1) is 0 Å². The van der Waals surface area contributed by atoms with E-state index in [2.05, 4.69) is 50.7 Å². The minimum absolute atomic E-state index is 0.0387. The van der Waals surface area contributed by atoms with Crippen LogP contribution in [0.4, 0.5) is 22.1 Å². The summed E-state index contributed by atoms with van der Waals surface area (Å²) in [5.74, 6) is 0.535. The second kappa shape index (κ2) is 13.1. The van der Waals surface area contributed by atoms with Crippen LogP contribution in [0.25, 0.3) is 22.5 Å². The molecule has 0 unspecified atom stereocenters. The molecule has 0 spiro atoms. The maximum atomic E-state index is 12.5. The van der Waals surface area contributed by atoms with Gasteiger partial charge in [-0.25, -0.2) is 14.8 Å². The smallest absolute Gasteiger partial charge is 0.321 e. The Balaban J connectivity index is 1.17. The summed E-state index contributed by atoms with van der Waals surface area (Å²) in [6.07, 6.45) is 6.75. The van der Waals surface area contributed by atoms with Crippen LogP contribution in [0.5, 0.6) is 0 Å². The fraction of sp³-hybridized carbons (Fsp3) is 0.375. The van der Waals surface area contributed by atoms with Gasteiger partial charge in [-0.3, -0.25) is 9.58 Å². The summed E-state index contributed by atoms with van der Waals surface area (Å²) in [6, 6.07) is 18.2. The van der Waals surface area contributed by atoms with Gasteiger partial charge in [0.25, 0.3) is 0 Å². The lowest BCUT2D eigenvalue weighted by atomic mass is 10.0. The number of aromatic nitrogens is 4. The van der Waals surface area contributed by atoms with Crippen LogP contribution >= 0.6 is 0 Å². The molecule has 4 aromatic rings. The van der Waals surface area contributed by atoms with Crippen molar-refractivity contribution in [1.29, 1.82) is 0 Å². The van der Waals surface area contributed by atoms with E-state index < -0.39 is 0 Å². The molecule has 0 radical (unpaired) electrons. The number of carbonyl (C=O) groups excluding carboxylic acids is 1. The molecule has 10 heteroatoms. The summed E-state index contributed by atoms with van der Waals surface area (Å²) >= 11 is 0. The van der Waals surface area contributed by atoms with Gasteiger partial charge in [-0.1, -0.05) is 24.3 Å². The number of anilines is 3. The Morgan fingerprint density at radius 1 is 0.976 bits per heavy atom. The standard InChI is InChI=1S/C32H38N8O2/c1-2-40-30(25-8-10-26(11-9-25)36-32(41)39-15-3-4-16-39)28(23-34-40)29-12-14-33-31(37-29)35-27-7-5-6-24(22-27)13-17-38-18-20-42-21-19-38/h5-12,14,22-23H,2-4,13,15-21H2,1H3,(H,36,41)(H,33,35,37). The van der Waals surface area contributed by atoms with E-state index in [0.29, 0.717) is 5.95 Å². The molecule has 2 aliphatic rings. The number of hydrogen-bond acceptors (Lipinski definition) is 7. The second-order valence-corrected chi connectivity index (χ2v) is 10.7. The first-order valence-electron chi connectivity index (χ1n) is 14.9. The zero-order valence-corrected chi connectivity index (χ0v) is 24.1. The summed E-state index contributed by atoms with van der Waals surface area (Å²) < 4.78 is 7.44. The van der Waals surface area contributed by atoms with E-state index in [1.165, 1.54) is 5.56 Å². The van der Waals surface area contributed by atoms with Crippen LogP contribution in [-0.4, -0.2) is 81.5 Å². The number of ether oxygens (including phenoxy) is 1. The number of urea groups is 1. The van der Waals surface area contributed by atoms with Crippen molar-refractivity contribution in [3.05, 3.63) is 72.6 Å². The van der Waals surface area contributed by atoms with Gasteiger partial charge in [0.15, 0.2) is 0 Å². The van der Waals surface area contributed by atoms with Crippen molar-refractivity contribution in [1.82, 2.24) is 29.5 Å². The molecule has 6 rings (SSSR count). The fourth-order valence-electron chi connectivity index (χ4n) is 5.57. The number of carbonyl (C=O) groups is 1. The maximum absolute atomic E-state index is 12.5. The Bertz CT molecular complexity index is 1490. The molecule has 42 heavy (non-hydrogen) atoms. The lowest BCUT2D eigenvalue weighted by Crippen LogP contribution is -2.37. The molecule has 2 aromatic carbocycles. The highest BCUT2D eigenvalue weighted by Gasteiger charge is 2.19. The van der Waals surface area contributed by atoms with Crippen molar-refractivity contribution in [2.24, 2.45) is 0 Å². The van der Waals surface area contributed by atoms with Gasteiger partial charge in [0.1, 0.15) is 0 Å². The third-order valence-electron chi connectivity index (χ3n) is 7.88. The quantitative estimate of drug-likeness (QED) is 0.285. The van der Waals surface area contributed by atoms with Gasteiger partial charge >= 0.3 is 6.03 Å². The van der Waals surface area contributed by atoms with Gasteiger partial charge in [-0.2, -0.15) is 5.10 Å². The SMILES string of the molecule is CCn1ncc(-c2ccnc(Nc3cccc(CCN4CCOCC4)c3)n2)c1-c1ccc(NC(=O)N2CCCC2)cc1. The first-order valence-corrected chi connectivity index (χ1v) is 14.9. The number of morpholine rings is 1. The van der Waals surface area contributed by atoms with Crippen LogP contribution in [0.2, 0.25) is 0 Å². The minimum atomic E-state index is -0.0387. The number of aryl methyl sites for hydroxylation is 1. The van der Waals surface area contributed by atoms with Crippen LogP contribution < -0.4 is 10.6 Å². The van der Waals surface area contributed by atoms with Crippen molar-refractivity contribution in [2.75, 3.05) is 56.6 Å². The van der Waals surface area contributed by atoms with E-state index in [1.807, 2.05) is 52.2 Å². The Hall–Kier alpha value is -4.28. The summed E-state index contributed by atoms with van der Waals surface area (Å²) in [4.78, 5) is 26.2. The van der Waals surface area contributed by atoms with Crippen LogP contribution in [0.3, 0.4) is 0 Å². The molecule has 0 saturated carbocycles. The number of amides is 2. The molecule has 0 bridgehead atoms. The van der Waals surface area contributed by atoms with E-state index in [9.17, 15) is 4.79 Å². The van der Waals surface area contributed by atoms with Gasteiger partial charge in [-0.15, -0.1) is 0 Å². The molecule has 2 saturated heterocycles. The van der Waals surface area contributed by atoms with Crippen LogP contribution in [0.1, 0.15) is 25.3 Å². The molecule has 10 nitrogen and oxygen atoms in total. The van der Waals surface area contributed by atoms with Crippen molar-refractivity contribution >= 4 is 23.4 Å². The van der Waals surface area contributed by atoms with E-state index in [0.717, 1.165) is 106 Å². The molecular formula is C32H38N8O2. The van der Waals surface area contributed by atoms with Gasteiger partial charge in [0, 0.05) is 68.0 Å². The fourth-order valence-corrected chi connectivity index (χ4v) is 5.57. The second-order valence-electron chi connectivity index (χ2n) is 10.7. The molecule has 2 amide bonds. The third kappa shape index (κ3) is 6.61. The zero-order valence-electron chi connectivity index (χ0n) is 24.1. The largest absolute Gasteiger partial charge is 0.379 e. The molecule has 2 aromatic heterocycles. The average molecular weight is 567 g/mol.